The van der Waals surface area contributed by atoms with E-state index >= 15 is 0 Å². The Hall–Kier alpha value is -2.02. The maximum absolute atomic E-state index is 12.6. The summed E-state index contributed by atoms with van der Waals surface area (Å²) in [5.41, 5.74) is 1.83. The minimum atomic E-state index is -0.575. The molecule has 6 nitrogen and oxygen atoms in total. The summed E-state index contributed by atoms with van der Waals surface area (Å²) in [6.45, 7) is 7.93. The van der Waals surface area contributed by atoms with Gasteiger partial charge in [-0.1, -0.05) is 19.4 Å². The second kappa shape index (κ2) is 9.07. The van der Waals surface area contributed by atoms with Gasteiger partial charge in [-0.05, 0) is 60.8 Å². The van der Waals surface area contributed by atoms with Crippen LogP contribution in [0.2, 0.25) is 0 Å². The summed E-state index contributed by atoms with van der Waals surface area (Å²) in [5.74, 6) is 0.284. The van der Waals surface area contributed by atoms with Crippen molar-refractivity contribution in [2.75, 3.05) is 6.61 Å². The zero-order chi connectivity index (χ0) is 19.3. The van der Waals surface area contributed by atoms with Crippen LogP contribution in [0.5, 0.6) is 5.75 Å². The Labute approximate surface area is 162 Å². The van der Waals surface area contributed by atoms with Crippen LogP contribution in [-0.2, 0) is 9.53 Å². The van der Waals surface area contributed by atoms with Gasteiger partial charge in [-0.2, -0.15) is 0 Å². The van der Waals surface area contributed by atoms with Crippen molar-refractivity contribution in [3.05, 3.63) is 39.5 Å². The van der Waals surface area contributed by atoms with Crippen LogP contribution >= 0.6 is 15.9 Å². The summed E-state index contributed by atoms with van der Waals surface area (Å²) < 4.78 is 11.7. The van der Waals surface area contributed by atoms with Crippen LogP contribution < -0.4 is 15.4 Å². The fraction of sp³-hybridized carbons (Fsp3) is 0.474. The van der Waals surface area contributed by atoms with Gasteiger partial charge in [-0.3, -0.25) is 0 Å². The summed E-state index contributed by atoms with van der Waals surface area (Å²) in [6, 6.07) is 4.63. The van der Waals surface area contributed by atoms with Gasteiger partial charge in [0.1, 0.15) is 5.75 Å². The molecule has 2 N–H and O–H groups in total. The molecule has 1 aliphatic heterocycles. The Balaban J connectivity index is 2.46. The molecule has 1 heterocycles. The van der Waals surface area contributed by atoms with Crippen molar-refractivity contribution < 1.29 is 19.1 Å². The molecule has 7 heteroatoms. The van der Waals surface area contributed by atoms with E-state index in [1.54, 1.807) is 6.92 Å². The molecule has 1 aliphatic rings. The lowest BCUT2D eigenvalue weighted by Crippen LogP contribution is -2.46. The zero-order valence-corrected chi connectivity index (χ0v) is 17.1. The minimum Gasteiger partial charge on any atom is -0.490 e. The lowest BCUT2D eigenvalue weighted by atomic mass is 9.94. The number of ether oxygens (including phenoxy) is 2. The second-order valence-corrected chi connectivity index (χ2v) is 7.10. The number of benzene rings is 1. The molecule has 0 bridgehead atoms. The van der Waals surface area contributed by atoms with E-state index < -0.39 is 12.0 Å². The number of rotatable bonds is 7. The molecule has 0 radical (unpaired) electrons. The predicted molar refractivity (Wildman–Crippen MR) is 103 cm³/mol. The fourth-order valence-corrected chi connectivity index (χ4v) is 3.30. The highest BCUT2D eigenvalue weighted by Crippen LogP contribution is 2.34. The summed E-state index contributed by atoms with van der Waals surface area (Å²) in [7, 11) is 0. The van der Waals surface area contributed by atoms with Crippen molar-refractivity contribution in [2.45, 2.75) is 52.7 Å². The lowest BCUT2D eigenvalue weighted by molar-refractivity contribution is -0.139. The molecule has 0 aliphatic carbocycles. The Bertz CT molecular complexity index is 715. The summed E-state index contributed by atoms with van der Waals surface area (Å²) in [4.78, 5) is 24.7. The van der Waals surface area contributed by atoms with Crippen LogP contribution in [0, 0.1) is 0 Å². The normalized spacial score (nSPS) is 17.0. The van der Waals surface area contributed by atoms with Crippen LogP contribution in [0.15, 0.2) is 33.9 Å². The van der Waals surface area contributed by atoms with E-state index in [1.807, 2.05) is 39.0 Å². The quantitative estimate of drug-likeness (QED) is 0.642. The molecule has 0 saturated heterocycles. The molecule has 26 heavy (non-hydrogen) atoms. The average Bonchev–Trinajstić information content (AvgIpc) is 2.56. The second-order valence-electron chi connectivity index (χ2n) is 6.25. The minimum absolute atomic E-state index is 0.0434. The van der Waals surface area contributed by atoms with E-state index in [4.69, 9.17) is 9.47 Å². The molecule has 2 rings (SSSR count). The van der Waals surface area contributed by atoms with Crippen molar-refractivity contribution >= 4 is 27.9 Å². The molecule has 0 aromatic heterocycles. The number of carbonyl (C=O) groups is 2. The van der Waals surface area contributed by atoms with Crippen molar-refractivity contribution in [1.29, 1.82) is 0 Å². The predicted octanol–water partition coefficient (Wildman–Crippen LogP) is 4.21. The SMILES string of the molecule is CCCC1=C(C(=O)OCC)C(c2ccc(OC(C)C)c(Br)c2)NC(=O)N1. The first-order valence-electron chi connectivity index (χ1n) is 8.81. The maximum atomic E-state index is 12.6. The number of urea groups is 1. The molecule has 0 spiro atoms. The van der Waals surface area contributed by atoms with E-state index in [2.05, 4.69) is 26.6 Å². The molecule has 1 unspecified atom stereocenters. The number of esters is 1. The highest BCUT2D eigenvalue weighted by atomic mass is 79.9. The molecule has 2 amide bonds. The van der Waals surface area contributed by atoms with E-state index in [1.165, 1.54) is 0 Å². The maximum Gasteiger partial charge on any atom is 0.338 e. The van der Waals surface area contributed by atoms with Gasteiger partial charge in [0.2, 0.25) is 0 Å². The molecule has 142 valence electrons. The third-order valence-corrected chi connectivity index (χ3v) is 4.42. The van der Waals surface area contributed by atoms with E-state index in [9.17, 15) is 9.59 Å². The van der Waals surface area contributed by atoms with E-state index in [-0.39, 0.29) is 18.7 Å². The van der Waals surface area contributed by atoms with Gasteiger partial charge >= 0.3 is 12.0 Å². The molecular formula is C19H25BrN2O4. The highest BCUT2D eigenvalue weighted by Gasteiger charge is 2.33. The highest BCUT2D eigenvalue weighted by molar-refractivity contribution is 9.10. The third-order valence-electron chi connectivity index (χ3n) is 3.80. The van der Waals surface area contributed by atoms with Gasteiger partial charge in [0.05, 0.1) is 28.8 Å². The summed E-state index contributed by atoms with van der Waals surface area (Å²) >= 11 is 3.51. The van der Waals surface area contributed by atoms with Crippen LogP contribution in [0.3, 0.4) is 0 Å². The van der Waals surface area contributed by atoms with Gasteiger partial charge in [0, 0.05) is 5.70 Å². The Morgan fingerprint density at radius 3 is 2.62 bits per heavy atom. The molecule has 1 atom stereocenters. The average molecular weight is 425 g/mol. The van der Waals surface area contributed by atoms with Crippen molar-refractivity contribution in [3.8, 4) is 5.75 Å². The number of allylic oxidation sites excluding steroid dienone is 1. The standard InChI is InChI=1S/C19H25BrN2O4/c1-5-7-14-16(18(23)25-6-2)17(22-19(24)21-14)12-8-9-15(13(20)10-12)26-11(3)4/h8-11,17H,5-7H2,1-4H3,(H2,21,22,24). The smallest absolute Gasteiger partial charge is 0.338 e. The van der Waals surface area contributed by atoms with Crippen molar-refractivity contribution in [1.82, 2.24) is 10.6 Å². The monoisotopic (exact) mass is 424 g/mol. The summed E-state index contributed by atoms with van der Waals surface area (Å²) in [5, 5.41) is 5.58. The Kier molecular flexibility index (Phi) is 7.08. The number of amides is 2. The van der Waals surface area contributed by atoms with Crippen LogP contribution in [0.25, 0.3) is 0 Å². The van der Waals surface area contributed by atoms with E-state index in [0.717, 1.165) is 16.5 Å². The van der Waals surface area contributed by atoms with Crippen LogP contribution in [-0.4, -0.2) is 24.7 Å². The first kappa shape index (κ1) is 20.3. The molecular weight excluding hydrogens is 400 g/mol. The van der Waals surface area contributed by atoms with E-state index in [0.29, 0.717) is 23.4 Å². The fourth-order valence-electron chi connectivity index (χ4n) is 2.81. The van der Waals surface area contributed by atoms with Gasteiger partial charge < -0.3 is 20.1 Å². The van der Waals surface area contributed by atoms with Crippen molar-refractivity contribution in [2.24, 2.45) is 0 Å². The van der Waals surface area contributed by atoms with Crippen LogP contribution in [0.4, 0.5) is 4.79 Å². The molecule has 1 aromatic rings. The molecule has 1 aromatic carbocycles. The Morgan fingerprint density at radius 1 is 1.31 bits per heavy atom. The number of carbonyl (C=O) groups excluding carboxylic acids is 2. The number of hydrogen-bond acceptors (Lipinski definition) is 4. The third kappa shape index (κ3) is 4.78. The molecule has 0 fully saturated rings. The zero-order valence-electron chi connectivity index (χ0n) is 15.5. The topological polar surface area (TPSA) is 76.7 Å². The summed E-state index contributed by atoms with van der Waals surface area (Å²) in [6.07, 6.45) is 1.44. The van der Waals surface area contributed by atoms with Gasteiger partial charge in [-0.25, -0.2) is 9.59 Å². The van der Waals surface area contributed by atoms with Gasteiger partial charge in [0.25, 0.3) is 0 Å². The van der Waals surface area contributed by atoms with Crippen molar-refractivity contribution in [3.63, 3.8) is 0 Å². The Morgan fingerprint density at radius 2 is 2.04 bits per heavy atom. The number of halogens is 1. The van der Waals surface area contributed by atoms with Gasteiger partial charge in [0.15, 0.2) is 0 Å². The largest absolute Gasteiger partial charge is 0.490 e. The van der Waals surface area contributed by atoms with Gasteiger partial charge in [-0.15, -0.1) is 0 Å². The lowest BCUT2D eigenvalue weighted by Gasteiger charge is -2.29. The first-order valence-corrected chi connectivity index (χ1v) is 9.60. The first-order chi connectivity index (χ1) is 12.4. The number of nitrogens with one attached hydrogen (secondary N) is 2. The number of hydrogen-bond donors (Lipinski definition) is 2. The van der Waals surface area contributed by atoms with Crippen LogP contribution in [0.1, 0.15) is 52.1 Å². The molecule has 0 saturated carbocycles.